The zero-order valence-corrected chi connectivity index (χ0v) is 7.45. The summed E-state index contributed by atoms with van der Waals surface area (Å²) >= 11 is 0. The smallest absolute Gasteiger partial charge is 0.423 e. The van der Waals surface area contributed by atoms with Gasteiger partial charge in [-0.25, -0.2) is 0 Å². The number of anilines is 1. The Kier molecular flexibility index (Phi) is 4.28. The van der Waals surface area contributed by atoms with Crippen LogP contribution in [0.5, 0.6) is 0 Å². The first-order chi connectivity index (χ1) is 5.63. The van der Waals surface area contributed by atoms with Crippen molar-refractivity contribution in [3.05, 3.63) is 23.8 Å². The van der Waals surface area contributed by atoms with E-state index in [0.29, 0.717) is 11.3 Å². The minimum Gasteiger partial charge on any atom is -0.423 e. The molecule has 0 saturated carbocycles. The standard InChI is InChI=1S/C7H7BN2O2.ClH/c9-4-5-1-6(8(11)12)3-7(10)2-5;/h1-3,11-12H,10H2;1H. The lowest BCUT2D eigenvalue weighted by Crippen LogP contribution is -2.30. The second-order valence-corrected chi connectivity index (χ2v) is 2.37. The number of hydrogen-bond acceptors (Lipinski definition) is 4. The molecule has 0 fully saturated rings. The average Bonchev–Trinajstić information content (AvgIpc) is 2.03. The van der Waals surface area contributed by atoms with Gasteiger partial charge in [-0.15, -0.1) is 12.4 Å². The minimum absolute atomic E-state index is 0. The third-order valence-electron chi connectivity index (χ3n) is 1.40. The third kappa shape index (κ3) is 2.95. The zero-order valence-electron chi connectivity index (χ0n) is 6.64. The fourth-order valence-electron chi connectivity index (χ4n) is 0.890. The Labute approximate surface area is 82.2 Å². The van der Waals surface area contributed by atoms with E-state index < -0.39 is 7.12 Å². The van der Waals surface area contributed by atoms with E-state index >= 15 is 0 Å². The molecule has 0 aromatic heterocycles. The predicted molar refractivity (Wildman–Crippen MR) is 52.6 cm³/mol. The number of nitriles is 1. The molecule has 0 aliphatic heterocycles. The molecule has 68 valence electrons. The number of halogens is 1. The largest absolute Gasteiger partial charge is 0.488 e. The number of benzene rings is 1. The fourth-order valence-corrected chi connectivity index (χ4v) is 0.890. The summed E-state index contributed by atoms with van der Waals surface area (Å²) in [6, 6.07) is 6.11. The van der Waals surface area contributed by atoms with Gasteiger partial charge >= 0.3 is 7.12 Å². The molecule has 1 aromatic carbocycles. The van der Waals surface area contributed by atoms with Crippen LogP contribution in [0.15, 0.2) is 18.2 Å². The molecule has 0 spiro atoms. The van der Waals surface area contributed by atoms with Gasteiger partial charge in [0.2, 0.25) is 0 Å². The van der Waals surface area contributed by atoms with E-state index in [-0.39, 0.29) is 17.9 Å². The van der Waals surface area contributed by atoms with Crippen molar-refractivity contribution >= 4 is 30.7 Å². The normalized spacial score (nSPS) is 8.38. The SMILES string of the molecule is Cl.N#Cc1cc(N)cc(B(O)O)c1. The van der Waals surface area contributed by atoms with Crippen LogP contribution in [0, 0.1) is 11.3 Å². The molecular weight excluding hydrogens is 190 g/mol. The van der Waals surface area contributed by atoms with Crippen molar-refractivity contribution in [3.63, 3.8) is 0 Å². The summed E-state index contributed by atoms with van der Waals surface area (Å²) in [7, 11) is -1.58. The molecular formula is C7H8BClN2O2. The van der Waals surface area contributed by atoms with E-state index in [2.05, 4.69) is 0 Å². The number of nitrogen functional groups attached to an aromatic ring is 1. The molecule has 0 aliphatic rings. The Morgan fingerprint density at radius 1 is 1.31 bits per heavy atom. The first-order valence-corrected chi connectivity index (χ1v) is 3.30. The lowest BCUT2D eigenvalue weighted by molar-refractivity contribution is 0.426. The summed E-state index contributed by atoms with van der Waals surface area (Å²) in [6.07, 6.45) is 0. The molecule has 0 heterocycles. The Balaban J connectivity index is 0.00000144. The van der Waals surface area contributed by atoms with Crippen molar-refractivity contribution in [3.8, 4) is 6.07 Å². The highest BCUT2D eigenvalue weighted by molar-refractivity contribution is 6.58. The number of nitrogens with zero attached hydrogens (tertiary/aromatic N) is 1. The molecule has 0 bridgehead atoms. The van der Waals surface area contributed by atoms with Gasteiger partial charge in [0.25, 0.3) is 0 Å². The van der Waals surface area contributed by atoms with Crippen LogP contribution in [0.2, 0.25) is 0 Å². The van der Waals surface area contributed by atoms with Crippen molar-refractivity contribution in [2.45, 2.75) is 0 Å². The van der Waals surface area contributed by atoms with Gasteiger partial charge in [0.15, 0.2) is 0 Å². The summed E-state index contributed by atoms with van der Waals surface area (Å²) in [5.41, 5.74) is 6.29. The lowest BCUT2D eigenvalue weighted by atomic mass is 9.79. The van der Waals surface area contributed by atoms with Crippen molar-refractivity contribution < 1.29 is 10.0 Å². The number of nitrogens with two attached hydrogens (primary N) is 1. The van der Waals surface area contributed by atoms with Crippen LogP contribution in [0.1, 0.15) is 5.56 Å². The van der Waals surface area contributed by atoms with Crippen LogP contribution in [-0.4, -0.2) is 17.2 Å². The second kappa shape index (κ2) is 4.72. The maximum absolute atomic E-state index is 8.76. The van der Waals surface area contributed by atoms with E-state index in [1.807, 2.05) is 6.07 Å². The Hall–Kier alpha value is -1.22. The fraction of sp³-hybridized carbons (Fsp3) is 0. The van der Waals surface area contributed by atoms with Crippen molar-refractivity contribution in [1.82, 2.24) is 0 Å². The molecule has 0 radical (unpaired) electrons. The molecule has 4 nitrogen and oxygen atoms in total. The van der Waals surface area contributed by atoms with Crippen molar-refractivity contribution in [1.29, 1.82) is 5.26 Å². The van der Waals surface area contributed by atoms with E-state index in [4.69, 9.17) is 21.0 Å². The maximum atomic E-state index is 8.76. The lowest BCUT2D eigenvalue weighted by Gasteiger charge is -2.00. The van der Waals surface area contributed by atoms with Gasteiger partial charge in [-0.3, -0.25) is 0 Å². The first kappa shape index (κ1) is 11.8. The van der Waals surface area contributed by atoms with Gasteiger partial charge in [-0.2, -0.15) is 5.26 Å². The summed E-state index contributed by atoms with van der Waals surface area (Å²) in [5.74, 6) is 0. The Morgan fingerprint density at radius 3 is 2.38 bits per heavy atom. The Bertz CT molecular complexity index is 338. The van der Waals surface area contributed by atoms with Gasteiger partial charge in [0.1, 0.15) is 0 Å². The van der Waals surface area contributed by atoms with Gasteiger partial charge in [0.05, 0.1) is 11.6 Å². The van der Waals surface area contributed by atoms with Crippen LogP contribution < -0.4 is 11.2 Å². The van der Waals surface area contributed by atoms with Crippen LogP contribution in [0.4, 0.5) is 5.69 Å². The number of rotatable bonds is 1. The van der Waals surface area contributed by atoms with E-state index in [1.165, 1.54) is 18.2 Å². The monoisotopic (exact) mass is 198 g/mol. The molecule has 13 heavy (non-hydrogen) atoms. The van der Waals surface area contributed by atoms with Gasteiger partial charge in [-0.1, -0.05) is 0 Å². The molecule has 1 aromatic rings. The quantitative estimate of drug-likeness (QED) is 0.409. The van der Waals surface area contributed by atoms with Crippen LogP contribution >= 0.6 is 12.4 Å². The van der Waals surface area contributed by atoms with Gasteiger partial charge in [0, 0.05) is 5.69 Å². The molecule has 6 heteroatoms. The van der Waals surface area contributed by atoms with Gasteiger partial charge in [-0.05, 0) is 23.7 Å². The summed E-state index contributed by atoms with van der Waals surface area (Å²) in [6.45, 7) is 0. The summed E-state index contributed by atoms with van der Waals surface area (Å²) < 4.78 is 0. The maximum Gasteiger partial charge on any atom is 0.488 e. The topological polar surface area (TPSA) is 90.3 Å². The molecule has 1 rings (SSSR count). The van der Waals surface area contributed by atoms with Gasteiger partial charge < -0.3 is 15.8 Å². The van der Waals surface area contributed by atoms with E-state index in [0.717, 1.165) is 0 Å². The van der Waals surface area contributed by atoms with Crippen molar-refractivity contribution in [2.75, 3.05) is 5.73 Å². The predicted octanol–water partition coefficient (Wildman–Crippen LogP) is -0.758. The number of hydrogen-bond donors (Lipinski definition) is 3. The molecule has 4 N–H and O–H groups in total. The van der Waals surface area contributed by atoms with E-state index in [9.17, 15) is 0 Å². The molecule has 0 saturated heterocycles. The van der Waals surface area contributed by atoms with E-state index in [1.54, 1.807) is 0 Å². The molecule has 0 atom stereocenters. The summed E-state index contributed by atoms with van der Waals surface area (Å²) in [4.78, 5) is 0. The zero-order chi connectivity index (χ0) is 9.14. The summed E-state index contributed by atoms with van der Waals surface area (Å²) in [5, 5.41) is 26.0. The van der Waals surface area contributed by atoms with Crippen LogP contribution in [0.3, 0.4) is 0 Å². The second-order valence-electron chi connectivity index (χ2n) is 2.37. The molecule has 0 unspecified atom stereocenters. The third-order valence-corrected chi connectivity index (χ3v) is 1.40. The minimum atomic E-state index is -1.58. The molecule has 0 aliphatic carbocycles. The van der Waals surface area contributed by atoms with Crippen LogP contribution in [0.25, 0.3) is 0 Å². The average molecular weight is 198 g/mol. The Morgan fingerprint density at radius 2 is 1.92 bits per heavy atom. The highest BCUT2D eigenvalue weighted by atomic mass is 35.5. The highest BCUT2D eigenvalue weighted by Gasteiger charge is 2.11. The first-order valence-electron chi connectivity index (χ1n) is 3.30. The molecule has 0 amide bonds. The highest BCUT2D eigenvalue weighted by Crippen LogP contribution is 2.03. The van der Waals surface area contributed by atoms with Crippen LogP contribution in [-0.2, 0) is 0 Å². The van der Waals surface area contributed by atoms with Crippen molar-refractivity contribution in [2.24, 2.45) is 0 Å².